The third-order valence-corrected chi connectivity index (χ3v) is 6.04. The molecule has 0 aromatic rings. The monoisotopic (exact) mass is 274 g/mol. The van der Waals surface area contributed by atoms with Gasteiger partial charge in [-0.2, -0.15) is 0 Å². The number of hydrogen-bond donors (Lipinski definition) is 2. The quantitative estimate of drug-likeness (QED) is 0.800. The number of hydrogen-bond acceptors (Lipinski definition) is 3. The van der Waals surface area contributed by atoms with Crippen LogP contribution in [0.3, 0.4) is 0 Å². The van der Waals surface area contributed by atoms with Gasteiger partial charge < -0.3 is 5.73 Å². The molecule has 0 bridgehead atoms. The Kier molecular flexibility index (Phi) is 5.04. The summed E-state index contributed by atoms with van der Waals surface area (Å²) in [4.78, 5) is 0. The van der Waals surface area contributed by atoms with Crippen LogP contribution in [0.4, 0.5) is 0 Å². The van der Waals surface area contributed by atoms with E-state index in [0.717, 1.165) is 32.1 Å². The molecule has 2 saturated carbocycles. The second kappa shape index (κ2) is 6.35. The molecule has 0 aromatic heterocycles. The van der Waals surface area contributed by atoms with Gasteiger partial charge in [0.05, 0.1) is 5.75 Å². The van der Waals surface area contributed by atoms with E-state index in [2.05, 4.69) is 4.72 Å². The Morgan fingerprint density at radius 2 is 1.72 bits per heavy atom. The molecule has 2 rings (SSSR count). The fourth-order valence-electron chi connectivity index (χ4n) is 3.42. The first-order chi connectivity index (χ1) is 8.61. The molecule has 0 amide bonds. The normalized spacial score (nSPS) is 30.7. The van der Waals surface area contributed by atoms with Crippen LogP contribution in [0.1, 0.15) is 51.4 Å². The van der Waals surface area contributed by atoms with Gasteiger partial charge in [0, 0.05) is 6.04 Å². The molecule has 2 aliphatic rings. The molecule has 3 N–H and O–H groups in total. The van der Waals surface area contributed by atoms with Crippen LogP contribution < -0.4 is 10.5 Å². The molecule has 2 atom stereocenters. The van der Waals surface area contributed by atoms with Gasteiger partial charge in [-0.3, -0.25) is 0 Å². The third kappa shape index (κ3) is 3.93. The van der Waals surface area contributed by atoms with E-state index >= 15 is 0 Å². The van der Waals surface area contributed by atoms with Gasteiger partial charge in [0.1, 0.15) is 0 Å². The Balaban J connectivity index is 1.86. The summed E-state index contributed by atoms with van der Waals surface area (Å²) in [5, 5.41) is 0. The molecular weight excluding hydrogens is 248 g/mol. The number of sulfonamides is 1. The summed E-state index contributed by atoms with van der Waals surface area (Å²) in [5.41, 5.74) is 5.69. The van der Waals surface area contributed by atoms with Crippen LogP contribution >= 0.6 is 0 Å². The highest BCUT2D eigenvalue weighted by Gasteiger charge is 2.30. The zero-order chi connectivity index (χ0) is 13.0. The van der Waals surface area contributed by atoms with Crippen molar-refractivity contribution < 1.29 is 8.42 Å². The van der Waals surface area contributed by atoms with E-state index in [0.29, 0.717) is 24.1 Å². The van der Waals surface area contributed by atoms with E-state index in [4.69, 9.17) is 5.73 Å². The van der Waals surface area contributed by atoms with E-state index in [1.807, 2.05) is 0 Å². The Morgan fingerprint density at radius 3 is 2.39 bits per heavy atom. The molecule has 0 aliphatic heterocycles. The minimum absolute atomic E-state index is 0.0867. The molecule has 0 radical (unpaired) electrons. The van der Waals surface area contributed by atoms with Crippen LogP contribution in [-0.4, -0.2) is 26.8 Å². The molecule has 18 heavy (non-hydrogen) atoms. The molecule has 106 valence electrons. The summed E-state index contributed by atoms with van der Waals surface area (Å²) in [5.74, 6) is 1.03. The van der Waals surface area contributed by atoms with Crippen molar-refractivity contribution in [1.82, 2.24) is 4.72 Å². The van der Waals surface area contributed by atoms with Gasteiger partial charge in [-0.05, 0) is 44.1 Å². The largest absolute Gasteiger partial charge is 0.330 e. The maximum Gasteiger partial charge on any atom is 0.212 e. The van der Waals surface area contributed by atoms with Gasteiger partial charge in [0.2, 0.25) is 10.0 Å². The first-order valence-electron chi connectivity index (χ1n) is 7.31. The summed E-state index contributed by atoms with van der Waals surface area (Å²) in [6.45, 7) is 0.594. The van der Waals surface area contributed by atoms with Gasteiger partial charge >= 0.3 is 0 Å². The molecule has 5 heteroatoms. The first-order valence-corrected chi connectivity index (χ1v) is 8.96. The topological polar surface area (TPSA) is 72.2 Å². The second-order valence-corrected chi connectivity index (χ2v) is 7.74. The SMILES string of the molecule is NCC1CCCC1NS(=O)(=O)CC1CCCCC1. The predicted molar refractivity (Wildman–Crippen MR) is 73.7 cm³/mol. The predicted octanol–water partition coefficient (Wildman–Crippen LogP) is 1.61. The molecular formula is C13H26N2O2S. The van der Waals surface area contributed by atoms with E-state index in [9.17, 15) is 8.42 Å². The van der Waals surface area contributed by atoms with E-state index in [1.165, 1.54) is 19.3 Å². The van der Waals surface area contributed by atoms with Crippen molar-refractivity contribution in [2.24, 2.45) is 17.6 Å². The van der Waals surface area contributed by atoms with Crippen LogP contribution in [0, 0.1) is 11.8 Å². The lowest BCUT2D eigenvalue weighted by molar-refractivity contribution is 0.381. The highest BCUT2D eigenvalue weighted by molar-refractivity contribution is 7.89. The summed E-state index contributed by atoms with van der Waals surface area (Å²) in [6.07, 6.45) is 8.90. The second-order valence-electron chi connectivity index (χ2n) is 5.94. The maximum atomic E-state index is 12.2. The highest BCUT2D eigenvalue weighted by atomic mass is 32.2. The molecule has 0 saturated heterocycles. The van der Waals surface area contributed by atoms with Crippen molar-refractivity contribution in [3.05, 3.63) is 0 Å². The van der Waals surface area contributed by atoms with Crippen LogP contribution in [0.15, 0.2) is 0 Å². The Hall–Kier alpha value is -0.130. The first kappa shape index (κ1) is 14.3. The lowest BCUT2D eigenvalue weighted by atomic mass is 9.91. The van der Waals surface area contributed by atoms with Crippen molar-refractivity contribution in [1.29, 1.82) is 0 Å². The molecule has 2 fully saturated rings. The summed E-state index contributed by atoms with van der Waals surface area (Å²) in [6, 6.07) is 0.0867. The van der Waals surface area contributed by atoms with E-state index in [-0.39, 0.29) is 6.04 Å². The Labute approximate surface area is 111 Å². The lowest BCUT2D eigenvalue weighted by Crippen LogP contribution is -2.42. The maximum absolute atomic E-state index is 12.2. The van der Waals surface area contributed by atoms with Crippen molar-refractivity contribution in [2.45, 2.75) is 57.4 Å². The van der Waals surface area contributed by atoms with Gasteiger partial charge in [-0.1, -0.05) is 25.7 Å². The van der Waals surface area contributed by atoms with E-state index < -0.39 is 10.0 Å². The minimum atomic E-state index is -3.11. The zero-order valence-corrected chi connectivity index (χ0v) is 11.9. The summed E-state index contributed by atoms with van der Waals surface area (Å²) >= 11 is 0. The molecule has 2 unspecified atom stereocenters. The van der Waals surface area contributed by atoms with Crippen molar-refractivity contribution in [3.8, 4) is 0 Å². The van der Waals surface area contributed by atoms with Gasteiger partial charge in [0.15, 0.2) is 0 Å². The highest BCUT2D eigenvalue weighted by Crippen LogP contribution is 2.27. The van der Waals surface area contributed by atoms with Gasteiger partial charge in [-0.25, -0.2) is 13.1 Å². The summed E-state index contributed by atoms with van der Waals surface area (Å²) < 4.78 is 27.2. The van der Waals surface area contributed by atoms with Crippen molar-refractivity contribution >= 4 is 10.0 Å². The average molecular weight is 274 g/mol. The molecule has 4 nitrogen and oxygen atoms in total. The minimum Gasteiger partial charge on any atom is -0.330 e. The Bertz CT molecular complexity index is 350. The molecule has 0 heterocycles. The Morgan fingerprint density at radius 1 is 1.00 bits per heavy atom. The average Bonchev–Trinajstić information content (AvgIpc) is 2.76. The standard InChI is InChI=1S/C13H26N2O2S/c14-9-12-7-4-8-13(12)15-18(16,17)10-11-5-2-1-3-6-11/h11-13,15H,1-10,14H2. The molecule has 0 aromatic carbocycles. The molecule has 0 spiro atoms. The zero-order valence-electron chi connectivity index (χ0n) is 11.1. The van der Waals surface area contributed by atoms with Crippen LogP contribution in [0.25, 0.3) is 0 Å². The number of rotatable bonds is 5. The van der Waals surface area contributed by atoms with E-state index in [1.54, 1.807) is 0 Å². The van der Waals surface area contributed by atoms with Crippen LogP contribution in [-0.2, 0) is 10.0 Å². The van der Waals surface area contributed by atoms with Gasteiger partial charge in [0.25, 0.3) is 0 Å². The lowest BCUT2D eigenvalue weighted by Gasteiger charge is -2.24. The van der Waals surface area contributed by atoms with Crippen LogP contribution in [0.2, 0.25) is 0 Å². The van der Waals surface area contributed by atoms with Crippen molar-refractivity contribution in [3.63, 3.8) is 0 Å². The fraction of sp³-hybridized carbons (Fsp3) is 1.00. The number of nitrogens with one attached hydrogen (secondary N) is 1. The third-order valence-electron chi connectivity index (χ3n) is 4.47. The van der Waals surface area contributed by atoms with Crippen LogP contribution in [0.5, 0.6) is 0 Å². The number of nitrogens with two attached hydrogens (primary N) is 1. The van der Waals surface area contributed by atoms with Crippen molar-refractivity contribution in [2.75, 3.05) is 12.3 Å². The summed E-state index contributed by atoms with van der Waals surface area (Å²) in [7, 11) is -3.11. The van der Waals surface area contributed by atoms with Gasteiger partial charge in [-0.15, -0.1) is 0 Å². The molecule has 2 aliphatic carbocycles. The smallest absolute Gasteiger partial charge is 0.212 e. The fourth-order valence-corrected chi connectivity index (χ4v) is 5.24.